The fourth-order valence-corrected chi connectivity index (χ4v) is 2.30. The van der Waals surface area contributed by atoms with Gasteiger partial charge in [0.25, 0.3) is 0 Å². The normalized spacial score (nSPS) is 14.1. The minimum atomic E-state index is -1.63. The highest BCUT2D eigenvalue weighted by atomic mass is 79.9. The van der Waals surface area contributed by atoms with Crippen molar-refractivity contribution in [3.63, 3.8) is 0 Å². The molecule has 20 heavy (non-hydrogen) atoms. The molecule has 1 N–H and O–H groups in total. The smallest absolute Gasteiger partial charge is 0.194 e. The van der Waals surface area contributed by atoms with Crippen molar-refractivity contribution < 1.29 is 18.3 Å². The Hall–Kier alpha value is -1.33. The monoisotopic (exact) mass is 344 g/mol. The highest BCUT2D eigenvalue weighted by Crippen LogP contribution is 2.29. The molecule has 106 valence electrons. The van der Waals surface area contributed by atoms with Crippen molar-refractivity contribution >= 4 is 15.9 Å². The standard InChI is InChI=1S/C15H12BrF3O/c1-15(20,8-9-2-4-10(16)5-3-9)11-6-7-12(17)14(19)13(11)18/h2-7,20H,8H2,1H3. The average Bonchev–Trinajstić information content (AvgIpc) is 2.38. The van der Waals surface area contributed by atoms with E-state index in [-0.39, 0.29) is 12.0 Å². The molecule has 2 aromatic rings. The third-order valence-corrected chi connectivity index (χ3v) is 3.61. The molecule has 0 bridgehead atoms. The van der Waals surface area contributed by atoms with Gasteiger partial charge >= 0.3 is 0 Å². The van der Waals surface area contributed by atoms with E-state index in [1.807, 2.05) is 0 Å². The summed E-state index contributed by atoms with van der Waals surface area (Å²) < 4.78 is 40.8. The molecule has 1 atom stereocenters. The SMILES string of the molecule is CC(O)(Cc1ccc(Br)cc1)c1ccc(F)c(F)c1F. The van der Waals surface area contributed by atoms with Crippen LogP contribution in [0.25, 0.3) is 0 Å². The molecule has 0 aliphatic rings. The maximum atomic E-state index is 13.7. The highest BCUT2D eigenvalue weighted by molar-refractivity contribution is 9.10. The van der Waals surface area contributed by atoms with E-state index in [9.17, 15) is 18.3 Å². The molecule has 1 nitrogen and oxygen atoms in total. The van der Waals surface area contributed by atoms with Crippen LogP contribution in [0.3, 0.4) is 0 Å². The topological polar surface area (TPSA) is 20.2 Å². The summed E-state index contributed by atoms with van der Waals surface area (Å²) in [6.07, 6.45) is 0.0856. The second kappa shape index (κ2) is 5.58. The van der Waals surface area contributed by atoms with Gasteiger partial charge in [0.2, 0.25) is 0 Å². The lowest BCUT2D eigenvalue weighted by Crippen LogP contribution is -2.26. The minimum absolute atomic E-state index is 0.0856. The first-order chi connectivity index (χ1) is 9.31. The summed E-state index contributed by atoms with van der Waals surface area (Å²) in [6.45, 7) is 1.37. The van der Waals surface area contributed by atoms with Crippen LogP contribution in [0.4, 0.5) is 13.2 Å². The zero-order valence-electron chi connectivity index (χ0n) is 10.6. The van der Waals surface area contributed by atoms with Crippen LogP contribution in [0.2, 0.25) is 0 Å². The summed E-state index contributed by atoms with van der Waals surface area (Å²) in [6, 6.07) is 8.96. The zero-order valence-corrected chi connectivity index (χ0v) is 12.2. The lowest BCUT2D eigenvalue weighted by atomic mass is 9.88. The summed E-state index contributed by atoms with van der Waals surface area (Å²) in [7, 11) is 0. The quantitative estimate of drug-likeness (QED) is 0.822. The molecule has 0 saturated carbocycles. The summed E-state index contributed by atoms with van der Waals surface area (Å²) >= 11 is 3.29. The predicted molar refractivity (Wildman–Crippen MR) is 73.7 cm³/mol. The lowest BCUT2D eigenvalue weighted by Gasteiger charge is -2.24. The Morgan fingerprint density at radius 2 is 1.60 bits per heavy atom. The van der Waals surface area contributed by atoms with E-state index in [0.717, 1.165) is 22.2 Å². The van der Waals surface area contributed by atoms with E-state index in [1.165, 1.54) is 6.92 Å². The fourth-order valence-electron chi connectivity index (χ4n) is 2.04. The zero-order chi connectivity index (χ0) is 14.9. The average molecular weight is 345 g/mol. The number of benzene rings is 2. The minimum Gasteiger partial charge on any atom is -0.385 e. The Bertz CT molecular complexity index is 624. The number of rotatable bonds is 3. The molecule has 0 aliphatic carbocycles. The number of hydrogen-bond acceptors (Lipinski definition) is 1. The van der Waals surface area contributed by atoms with E-state index < -0.39 is 23.1 Å². The van der Waals surface area contributed by atoms with Gasteiger partial charge in [0.1, 0.15) is 0 Å². The van der Waals surface area contributed by atoms with Crippen LogP contribution in [-0.2, 0) is 12.0 Å². The van der Waals surface area contributed by atoms with Gasteiger partial charge in [0.15, 0.2) is 17.5 Å². The molecule has 0 aliphatic heterocycles. The van der Waals surface area contributed by atoms with Gasteiger partial charge in [-0.3, -0.25) is 0 Å². The Morgan fingerprint density at radius 3 is 2.20 bits per heavy atom. The van der Waals surface area contributed by atoms with Crippen molar-refractivity contribution in [2.24, 2.45) is 0 Å². The summed E-state index contributed by atoms with van der Waals surface area (Å²) in [5.41, 5.74) is -1.14. The van der Waals surface area contributed by atoms with E-state index in [1.54, 1.807) is 24.3 Å². The van der Waals surface area contributed by atoms with Crippen LogP contribution in [0.15, 0.2) is 40.9 Å². The molecule has 0 aromatic heterocycles. The first-order valence-electron chi connectivity index (χ1n) is 5.92. The molecular weight excluding hydrogens is 333 g/mol. The molecule has 0 radical (unpaired) electrons. The van der Waals surface area contributed by atoms with Crippen LogP contribution in [0.5, 0.6) is 0 Å². The van der Waals surface area contributed by atoms with E-state index >= 15 is 0 Å². The fraction of sp³-hybridized carbons (Fsp3) is 0.200. The van der Waals surface area contributed by atoms with E-state index in [0.29, 0.717) is 0 Å². The Labute approximate surface area is 123 Å². The molecule has 0 heterocycles. The van der Waals surface area contributed by atoms with Gasteiger partial charge < -0.3 is 5.11 Å². The molecule has 0 fully saturated rings. The first kappa shape index (κ1) is 15.1. The molecule has 0 spiro atoms. The van der Waals surface area contributed by atoms with Crippen molar-refractivity contribution in [2.45, 2.75) is 18.9 Å². The van der Waals surface area contributed by atoms with E-state index in [2.05, 4.69) is 15.9 Å². The van der Waals surface area contributed by atoms with Gasteiger partial charge in [-0.25, -0.2) is 13.2 Å². The molecule has 2 aromatic carbocycles. The van der Waals surface area contributed by atoms with Crippen LogP contribution in [0.1, 0.15) is 18.1 Å². The van der Waals surface area contributed by atoms with Crippen LogP contribution >= 0.6 is 15.9 Å². The third-order valence-electron chi connectivity index (χ3n) is 3.08. The second-order valence-corrected chi connectivity index (χ2v) is 5.72. The van der Waals surface area contributed by atoms with Crippen LogP contribution in [-0.4, -0.2) is 5.11 Å². The van der Waals surface area contributed by atoms with E-state index in [4.69, 9.17) is 0 Å². The van der Waals surface area contributed by atoms with Crippen molar-refractivity contribution in [3.05, 3.63) is 69.4 Å². The maximum Gasteiger partial charge on any atom is 0.194 e. The molecule has 5 heteroatoms. The van der Waals surface area contributed by atoms with Gasteiger partial charge in [0, 0.05) is 16.5 Å². The predicted octanol–water partition coefficient (Wildman–Crippen LogP) is 4.32. The van der Waals surface area contributed by atoms with Gasteiger partial charge in [0.05, 0.1) is 5.60 Å². The second-order valence-electron chi connectivity index (χ2n) is 4.80. The highest BCUT2D eigenvalue weighted by Gasteiger charge is 2.29. The Balaban J connectivity index is 2.35. The molecule has 1 unspecified atom stereocenters. The van der Waals surface area contributed by atoms with Gasteiger partial charge in [-0.05, 0) is 30.7 Å². The van der Waals surface area contributed by atoms with Gasteiger partial charge in [-0.1, -0.05) is 34.1 Å². The molecule has 2 rings (SSSR count). The number of aliphatic hydroxyl groups is 1. The van der Waals surface area contributed by atoms with Crippen LogP contribution < -0.4 is 0 Å². The first-order valence-corrected chi connectivity index (χ1v) is 6.71. The largest absolute Gasteiger partial charge is 0.385 e. The maximum absolute atomic E-state index is 13.7. The van der Waals surface area contributed by atoms with Crippen molar-refractivity contribution in [1.29, 1.82) is 0 Å². The molecule has 0 amide bonds. The van der Waals surface area contributed by atoms with Gasteiger partial charge in [-0.2, -0.15) is 0 Å². The summed E-state index contributed by atoms with van der Waals surface area (Å²) in [4.78, 5) is 0. The summed E-state index contributed by atoms with van der Waals surface area (Å²) in [5, 5.41) is 10.4. The third kappa shape index (κ3) is 3.04. The number of halogens is 4. The van der Waals surface area contributed by atoms with Crippen molar-refractivity contribution in [3.8, 4) is 0 Å². The Morgan fingerprint density at radius 1 is 1.00 bits per heavy atom. The molecular formula is C15H12BrF3O. The lowest BCUT2D eigenvalue weighted by molar-refractivity contribution is 0.0528. The van der Waals surface area contributed by atoms with Crippen molar-refractivity contribution in [2.75, 3.05) is 0 Å². The van der Waals surface area contributed by atoms with Crippen molar-refractivity contribution in [1.82, 2.24) is 0 Å². The van der Waals surface area contributed by atoms with Gasteiger partial charge in [-0.15, -0.1) is 0 Å². The summed E-state index contributed by atoms with van der Waals surface area (Å²) in [5.74, 6) is -4.20. The van der Waals surface area contributed by atoms with Crippen LogP contribution in [0, 0.1) is 17.5 Å². The molecule has 0 saturated heterocycles. The Kier molecular flexibility index (Phi) is 4.20. The number of hydrogen-bond donors (Lipinski definition) is 1.